The number of benzene rings is 2. The number of imidazole rings is 1. The van der Waals surface area contributed by atoms with Gasteiger partial charge in [0.05, 0.1) is 12.2 Å². The number of aromatic nitrogens is 6. The highest BCUT2D eigenvalue weighted by molar-refractivity contribution is 5.87. The van der Waals surface area contributed by atoms with Gasteiger partial charge in [0.2, 0.25) is 0 Å². The third kappa shape index (κ3) is 5.08. The monoisotopic (exact) mass is 474 g/mol. The molecule has 9 nitrogen and oxygen atoms in total. The van der Waals surface area contributed by atoms with Crippen molar-refractivity contribution >= 4 is 5.97 Å². The highest BCUT2D eigenvalue weighted by atomic mass is 16.4. The van der Waals surface area contributed by atoms with Crippen LogP contribution in [0.3, 0.4) is 0 Å². The van der Waals surface area contributed by atoms with E-state index in [2.05, 4.69) is 34.5 Å². The second-order valence-electron chi connectivity index (χ2n) is 9.05. The molecule has 0 aliphatic carbocycles. The van der Waals surface area contributed by atoms with Gasteiger partial charge in [-0.2, -0.15) is 0 Å². The maximum atomic E-state index is 13.3. The fraction of sp³-hybridized carbons (Fsp3) is 0.346. The Hall–Kier alpha value is -4.01. The molecule has 35 heavy (non-hydrogen) atoms. The van der Waals surface area contributed by atoms with Crippen LogP contribution in [0.5, 0.6) is 0 Å². The molecule has 2 aromatic heterocycles. The average Bonchev–Trinajstić information content (AvgIpc) is 3.46. The molecule has 9 heteroatoms. The number of carbonyl (C=O) groups is 1. The van der Waals surface area contributed by atoms with Gasteiger partial charge in [-0.05, 0) is 45.9 Å². The van der Waals surface area contributed by atoms with E-state index >= 15 is 0 Å². The van der Waals surface area contributed by atoms with E-state index in [-0.39, 0.29) is 11.4 Å². The van der Waals surface area contributed by atoms with E-state index in [0.29, 0.717) is 36.9 Å². The summed E-state index contributed by atoms with van der Waals surface area (Å²) < 4.78 is 3.06. The van der Waals surface area contributed by atoms with Crippen molar-refractivity contribution in [1.29, 1.82) is 0 Å². The van der Waals surface area contributed by atoms with Gasteiger partial charge in [-0.25, -0.2) is 14.7 Å². The zero-order chi connectivity index (χ0) is 24.9. The normalized spacial score (nSPS) is 11.3. The molecule has 0 saturated carbocycles. The van der Waals surface area contributed by atoms with Crippen molar-refractivity contribution < 1.29 is 9.90 Å². The summed E-state index contributed by atoms with van der Waals surface area (Å²) in [7, 11) is 0. The van der Waals surface area contributed by atoms with E-state index in [1.54, 1.807) is 4.57 Å². The summed E-state index contributed by atoms with van der Waals surface area (Å²) in [6.45, 7) is 6.83. The number of nitrogens with zero attached hydrogens (tertiary/aromatic N) is 5. The number of carboxylic acid groups (broad SMARTS) is 1. The highest BCUT2D eigenvalue weighted by Gasteiger charge is 2.24. The van der Waals surface area contributed by atoms with Crippen LogP contribution in [0.25, 0.3) is 22.5 Å². The second kappa shape index (κ2) is 10.5. The SMILES string of the molecule is CCCc1c(C(=O)O)n(CCC(C)C)c(=O)n1Cc1ccc(-c2ccccc2-c2nnn[nH]2)cc1. The second-order valence-corrected chi connectivity index (χ2v) is 9.05. The molecule has 4 aromatic rings. The third-order valence-electron chi connectivity index (χ3n) is 6.08. The first kappa shape index (κ1) is 24.1. The largest absolute Gasteiger partial charge is 0.477 e. The molecule has 0 aliphatic heterocycles. The van der Waals surface area contributed by atoms with Crippen molar-refractivity contribution in [3.63, 3.8) is 0 Å². The summed E-state index contributed by atoms with van der Waals surface area (Å²) in [5.74, 6) is -0.101. The predicted molar refractivity (Wildman–Crippen MR) is 133 cm³/mol. The van der Waals surface area contributed by atoms with E-state index in [9.17, 15) is 14.7 Å². The van der Waals surface area contributed by atoms with Gasteiger partial charge in [-0.1, -0.05) is 75.7 Å². The highest BCUT2D eigenvalue weighted by Crippen LogP contribution is 2.30. The molecule has 182 valence electrons. The van der Waals surface area contributed by atoms with Crippen LogP contribution < -0.4 is 5.69 Å². The van der Waals surface area contributed by atoms with Gasteiger partial charge >= 0.3 is 11.7 Å². The first-order chi connectivity index (χ1) is 16.9. The van der Waals surface area contributed by atoms with Gasteiger partial charge in [-0.15, -0.1) is 5.10 Å². The fourth-order valence-electron chi connectivity index (χ4n) is 4.31. The molecule has 0 amide bonds. The summed E-state index contributed by atoms with van der Waals surface area (Å²) in [4.78, 5) is 25.4. The molecule has 0 spiro atoms. The van der Waals surface area contributed by atoms with Gasteiger partial charge in [0.25, 0.3) is 0 Å². The van der Waals surface area contributed by atoms with Gasteiger partial charge < -0.3 is 5.11 Å². The fourth-order valence-corrected chi connectivity index (χ4v) is 4.31. The molecule has 0 radical (unpaired) electrons. The molecule has 4 rings (SSSR count). The summed E-state index contributed by atoms with van der Waals surface area (Å²) in [5.41, 5.74) is 4.21. The molecule has 0 fully saturated rings. The number of hydrogen-bond donors (Lipinski definition) is 2. The number of tetrazole rings is 1. The lowest BCUT2D eigenvalue weighted by Gasteiger charge is -2.10. The molecule has 0 aliphatic rings. The van der Waals surface area contributed by atoms with Crippen molar-refractivity contribution in [1.82, 2.24) is 29.8 Å². The summed E-state index contributed by atoms with van der Waals surface area (Å²) in [5, 5.41) is 24.1. The average molecular weight is 475 g/mol. The van der Waals surface area contributed by atoms with Crippen LogP contribution in [0.1, 0.15) is 55.4 Å². The Bertz CT molecular complexity index is 1350. The number of aromatic carboxylic acids is 1. The Morgan fingerprint density at radius 2 is 1.77 bits per heavy atom. The molecule has 0 unspecified atom stereocenters. The molecule has 2 N–H and O–H groups in total. The molecule has 0 bridgehead atoms. The maximum absolute atomic E-state index is 13.3. The van der Waals surface area contributed by atoms with E-state index in [1.165, 1.54) is 4.57 Å². The number of H-pyrrole nitrogens is 1. The quantitative estimate of drug-likeness (QED) is 0.355. The van der Waals surface area contributed by atoms with Crippen LogP contribution in [-0.2, 0) is 19.5 Å². The Morgan fingerprint density at radius 3 is 2.37 bits per heavy atom. The van der Waals surface area contributed by atoms with Crippen LogP contribution in [0.15, 0.2) is 53.3 Å². The van der Waals surface area contributed by atoms with E-state index in [0.717, 1.165) is 35.1 Å². The summed E-state index contributed by atoms with van der Waals surface area (Å²) in [6.07, 6.45) is 2.02. The van der Waals surface area contributed by atoms with Crippen LogP contribution in [0.2, 0.25) is 0 Å². The van der Waals surface area contributed by atoms with Gasteiger partial charge in [0.15, 0.2) is 11.5 Å². The predicted octanol–water partition coefficient (Wildman–Crippen LogP) is 4.24. The Kier molecular flexibility index (Phi) is 7.24. The van der Waals surface area contributed by atoms with Crippen molar-refractivity contribution in [2.24, 2.45) is 5.92 Å². The maximum Gasteiger partial charge on any atom is 0.354 e. The van der Waals surface area contributed by atoms with Crippen molar-refractivity contribution in [2.45, 2.75) is 53.1 Å². The third-order valence-corrected chi connectivity index (χ3v) is 6.08. The number of nitrogens with one attached hydrogen (secondary N) is 1. The molecule has 2 aromatic carbocycles. The smallest absolute Gasteiger partial charge is 0.354 e. The van der Waals surface area contributed by atoms with Crippen LogP contribution in [0, 0.1) is 5.92 Å². The zero-order valence-electron chi connectivity index (χ0n) is 20.2. The molecular weight excluding hydrogens is 444 g/mol. The topological polar surface area (TPSA) is 119 Å². The van der Waals surface area contributed by atoms with Crippen LogP contribution in [0.4, 0.5) is 0 Å². The number of rotatable bonds is 10. The zero-order valence-corrected chi connectivity index (χ0v) is 20.2. The van der Waals surface area contributed by atoms with Crippen molar-refractivity contribution in [3.05, 3.63) is 76.0 Å². The van der Waals surface area contributed by atoms with Crippen LogP contribution in [-0.4, -0.2) is 40.8 Å². The van der Waals surface area contributed by atoms with Gasteiger partial charge in [0, 0.05) is 12.1 Å². The molecule has 2 heterocycles. The van der Waals surface area contributed by atoms with Gasteiger partial charge in [0.1, 0.15) is 0 Å². The number of aromatic amines is 1. The van der Waals surface area contributed by atoms with E-state index in [4.69, 9.17) is 0 Å². The minimum Gasteiger partial charge on any atom is -0.477 e. The molecule has 0 saturated heterocycles. The Balaban J connectivity index is 1.68. The summed E-state index contributed by atoms with van der Waals surface area (Å²) >= 11 is 0. The van der Waals surface area contributed by atoms with Crippen molar-refractivity contribution in [3.8, 4) is 22.5 Å². The van der Waals surface area contributed by atoms with Crippen LogP contribution >= 0.6 is 0 Å². The first-order valence-electron chi connectivity index (χ1n) is 11.9. The van der Waals surface area contributed by atoms with E-state index in [1.807, 2.05) is 55.5 Å². The first-order valence-corrected chi connectivity index (χ1v) is 11.9. The summed E-state index contributed by atoms with van der Waals surface area (Å²) in [6, 6.07) is 15.8. The standard InChI is InChI=1S/C26H30N6O3/c1-4-7-22-23(25(33)34)31(15-14-17(2)3)26(35)32(22)16-18-10-12-19(13-11-18)20-8-5-6-9-21(20)24-27-29-30-28-24/h5-6,8-13,17H,4,7,14-16H2,1-3H3,(H,33,34)(H,27,28,29,30). The number of carboxylic acids is 1. The molecular formula is C26H30N6O3. The minimum atomic E-state index is -1.05. The minimum absolute atomic E-state index is 0.115. The lowest BCUT2D eigenvalue weighted by Crippen LogP contribution is -2.27. The van der Waals surface area contributed by atoms with Gasteiger partial charge in [-0.3, -0.25) is 9.13 Å². The Labute approximate surface area is 203 Å². The lowest BCUT2D eigenvalue weighted by atomic mass is 9.98. The number of hydrogen-bond acceptors (Lipinski definition) is 5. The lowest BCUT2D eigenvalue weighted by molar-refractivity contribution is 0.0682. The van der Waals surface area contributed by atoms with E-state index < -0.39 is 5.97 Å². The molecule has 0 atom stereocenters. The Morgan fingerprint density at radius 1 is 1.06 bits per heavy atom. The van der Waals surface area contributed by atoms with Crippen molar-refractivity contribution in [2.75, 3.05) is 0 Å².